The van der Waals surface area contributed by atoms with Crippen LogP contribution in [0.4, 0.5) is 13.2 Å². The third-order valence-electron chi connectivity index (χ3n) is 3.93. The summed E-state index contributed by atoms with van der Waals surface area (Å²) in [5.41, 5.74) is -0.394. The van der Waals surface area contributed by atoms with Gasteiger partial charge in [0.25, 0.3) is 0 Å². The molecule has 0 amide bonds. The standard InChI is InChI=1S/C14H15F3O3/c1-6-2-7(8(3-6)14(19)20)13(18)9-4-11(16)12(17)5-10(9)15/h4-8,13,18H,2-3H2,1H3,(H,19,20). The van der Waals surface area contributed by atoms with Crippen LogP contribution in [0.2, 0.25) is 0 Å². The Labute approximate surface area is 114 Å². The van der Waals surface area contributed by atoms with Crippen LogP contribution in [0.3, 0.4) is 0 Å². The van der Waals surface area contributed by atoms with Gasteiger partial charge in [0.15, 0.2) is 11.6 Å². The number of hydrogen-bond donors (Lipinski definition) is 2. The molecule has 1 fully saturated rings. The Morgan fingerprint density at radius 1 is 1.20 bits per heavy atom. The summed E-state index contributed by atoms with van der Waals surface area (Å²) in [6.45, 7) is 1.84. The predicted octanol–water partition coefficient (Wildman–Crippen LogP) is 2.88. The summed E-state index contributed by atoms with van der Waals surface area (Å²) >= 11 is 0. The van der Waals surface area contributed by atoms with E-state index in [2.05, 4.69) is 0 Å². The molecule has 0 spiro atoms. The van der Waals surface area contributed by atoms with Crippen LogP contribution in [0.5, 0.6) is 0 Å². The first-order valence-electron chi connectivity index (χ1n) is 6.36. The highest BCUT2D eigenvalue weighted by Gasteiger charge is 2.42. The monoisotopic (exact) mass is 288 g/mol. The molecule has 0 heterocycles. The van der Waals surface area contributed by atoms with Crippen LogP contribution in [0.1, 0.15) is 31.4 Å². The van der Waals surface area contributed by atoms with Gasteiger partial charge in [0.2, 0.25) is 0 Å². The van der Waals surface area contributed by atoms with E-state index in [1.807, 2.05) is 6.92 Å². The summed E-state index contributed by atoms with van der Waals surface area (Å²) < 4.78 is 39.7. The zero-order valence-corrected chi connectivity index (χ0v) is 10.8. The second kappa shape index (κ2) is 5.44. The lowest BCUT2D eigenvalue weighted by Crippen LogP contribution is -2.24. The average molecular weight is 288 g/mol. The van der Waals surface area contributed by atoms with Crippen molar-refractivity contribution in [1.82, 2.24) is 0 Å². The van der Waals surface area contributed by atoms with Crippen LogP contribution < -0.4 is 0 Å². The van der Waals surface area contributed by atoms with Crippen molar-refractivity contribution in [2.45, 2.75) is 25.9 Å². The summed E-state index contributed by atoms with van der Waals surface area (Å²) in [6, 6.07) is 0.958. The van der Waals surface area contributed by atoms with Crippen molar-refractivity contribution >= 4 is 5.97 Å². The van der Waals surface area contributed by atoms with Crippen molar-refractivity contribution in [3.05, 3.63) is 35.1 Å². The Hall–Kier alpha value is -1.56. The quantitative estimate of drug-likeness (QED) is 0.841. The zero-order chi connectivity index (χ0) is 15.0. The number of rotatable bonds is 3. The fraction of sp³-hybridized carbons (Fsp3) is 0.500. The molecule has 1 saturated carbocycles. The highest BCUT2D eigenvalue weighted by molar-refractivity contribution is 5.71. The van der Waals surface area contributed by atoms with Crippen molar-refractivity contribution in [2.24, 2.45) is 17.8 Å². The van der Waals surface area contributed by atoms with Gasteiger partial charge in [-0.1, -0.05) is 6.92 Å². The fourth-order valence-electron chi connectivity index (χ4n) is 2.96. The molecular weight excluding hydrogens is 273 g/mol. The molecule has 0 saturated heterocycles. The van der Waals surface area contributed by atoms with Crippen LogP contribution in [0.15, 0.2) is 12.1 Å². The van der Waals surface area contributed by atoms with Gasteiger partial charge < -0.3 is 10.2 Å². The van der Waals surface area contributed by atoms with Gasteiger partial charge >= 0.3 is 5.97 Å². The van der Waals surface area contributed by atoms with E-state index < -0.39 is 46.9 Å². The Bertz CT molecular complexity index is 533. The minimum atomic E-state index is -1.46. The van der Waals surface area contributed by atoms with Crippen LogP contribution >= 0.6 is 0 Å². The zero-order valence-electron chi connectivity index (χ0n) is 10.8. The van der Waals surface area contributed by atoms with Gasteiger partial charge in [-0.05, 0) is 24.8 Å². The Morgan fingerprint density at radius 3 is 2.40 bits per heavy atom. The first kappa shape index (κ1) is 14.8. The molecule has 0 aromatic heterocycles. The molecule has 0 bridgehead atoms. The topological polar surface area (TPSA) is 57.5 Å². The number of aliphatic hydroxyl groups is 1. The summed E-state index contributed by atoms with van der Waals surface area (Å²) in [5, 5.41) is 19.3. The summed E-state index contributed by atoms with van der Waals surface area (Å²) in [5.74, 6) is -6.19. The number of halogens is 3. The van der Waals surface area contributed by atoms with Crippen LogP contribution in [0, 0.1) is 35.2 Å². The maximum absolute atomic E-state index is 13.6. The largest absolute Gasteiger partial charge is 0.481 e. The van der Waals surface area contributed by atoms with E-state index in [-0.39, 0.29) is 5.92 Å². The molecule has 20 heavy (non-hydrogen) atoms. The second-order valence-corrected chi connectivity index (χ2v) is 5.42. The molecule has 4 atom stereocenters. The lowest BCUT2D eigenvalue weighted by Gasteiger charge is -2.23. The van der Waals surface area contributed by atoms with E-state index in [0.29, 0.717) is 25.0 Å². The molecule has 4 unspecified atom stereocenters. The molecule has 0 radical (unpaired) electrons. The van der Waals surface area contributed by atoms with Crippen molar-refractivity contribution < 1.29 is 28.2 Å². The number of aliphatic carboxylic acids is 1. The average Bonchev–Trinajstić information content (AvgIpc) is 2.75. The molecule has 3 nitrogen and oxygen atoms in total. The van der Waals surface area contributed by atoms with Crippen molar-refractivity contribution in [2.75, 3.05) is 0 Å². The molecule has 0 aliphatic heterocycles. The number of benzene rings is 1. The van der Waals surface area contributed by atoms with E-state index in [1.54, 1.807) is 0 Å². The number of carbonyl (C=O) groups is 1. The first-order valence-corrected chi connectivity index (χ1v) is 6.36. The minimum Gasteiger partial charge on any atom is -0.481 e. The van der Waals surface area contributed by atoms with E-state index in [1.165, 1.54) is 0 Å². The van der Waals surface area contributed by atoms with Gasteiger partial charge in [0.05, 0.1) is 12.0 Å². The highest BCUT2D eigenvalue weighted by atomic mass is 19.2. The highest BCUT2D eigenvalue weighted by Crippen LogP contribution is 2.44. The van der Waals surface area contributed by atoms with E-state index in [4.69, 9.17) is 5.11 Å². The normalized spacial score (nSPS) is 27.6. The molecule has 110 valence electrons. The van der Waals surface area contributed by atoms with Gasteiger partial charge in [-0.2, -0.15) is 0 Å². The molecule has 6 heteroatoms. The summed E-state index contributed by atoms with van der Waals surface area (Å²) in [6.07, 6.45) is -0.685. The van der Waals surface area contributed by atoms with Crippen molar-refractivity contribution in [1.29, 1.82) is 0 Å². The minimum absolute atomic E-state index is 0.0732. The molecule has 1 aromatic rings. The lowest BCUT2D eigenvalue weighted by atomic mass is 9.86. The third-order valence-corrected chi connectivity index (χ3v) is 3.93. The predicted molar refractivity (Wildman–Crippen MR) is 64.3 cm³/mol. The summed E-state index contributed by atoms with van der Waals surface area (Å²) in [4.78, 5) is 11.2. The maximum atomic E-state index is 13.6. The first-order chi connectivity index (χ1) is 9.31. The maximum Gasteiger partial charge on any atom is 0.306 e. The van der Waals surface area contributed by atoms with E-state index in [0.717, 1.165) is 0 Å². The van der Waals surface area contributed by atoms with Gasteiger partial charge in [-0.3, -0.25) is 4.79 Å². The van der Waals surface area contributed by atoms with Crippen molar-refractivity contribution in [3.8, 4) is 0 Å². The molecule has 2 rings (SSSR count). The van der Waals surface area contributed by atoms with Crippen LogP contribution in [0.25, 0.3) is 0 Å². The fourth-order valence-corrected chi connectivity index (χ4v) is 2.96. The molecule has 2 N–H and O–H groups in total. The molecule has 1 aromatic carbocycles. The number of hydrogen-bond acceptors (Lipinski definition) is 2. The van der Waals surface area contributed by atoms with E-state index >= 15 is 0 Å². The molecule has 1 aliphatic rings. The van der Waals surface area contributed by atoms with Gasteiger partial charge in [0.1, 0.15) is 5.82 Å². The number of carboxylic acids is 1. The smallest absolute Gasteiger partial charge is 0.306 e. The lowest BCUT2D eigenvalue weighted by molar-refractivity contribution is -0.144. The Kier molecular flexibility index (Phi) is 4.04. The number of carboxylic acid groups (broad SMARTS) is 1. The van der Waals surface area contributed by atoms with Crippen molar-refractivity contribution in [3.63, 3.8) is 0 Å². The third kappa shape index (κ3) is 2.65. The molecular formula is C14H15F3O3. The second-order valence-electron chi connectivity index (χ2n) is 5.42. The molecule has 1 aliphatic carbocycles. The summed E-state index contributed by atoms with van der Waals surface area (Å²) in [7, 11) is 0. The van der Waals surface area contributed by atoms with Gasteiger partial charge in [-0.25, -0.2) is 13.2 Å². The Morgan fingerprint density at radius 2 is 1.80 bits per heavy atom. The van der Waals surface area contributed by atoms with Crippen LogP contribution in [-0.4, -0.2) is 16.2 Å². The van der Waals surface area contributed by atoms with Gasteiger partial charge in [0, 0.05) is 17.5 Å². The number of aliphatic hydroxyl groups excluding tert-OH is 1. The Balaban J connectivity index is 2.33. The van der Waals surface area contributed by atoms with Crippen LogP contribution in [-0.2, 0) is 4.79 Å². The van der Waals surface area contributed by atoms with Gasteiger partial charge in [-0.15, -0.1) is 0 Å². The SMILES string of the molecule is CC1CC(C(=O)O)C(C(O)c2cc(F)c(F)cc2F)C1. The van der Waals surface area contributed by atoms with E-state index in [9.17, 15) is 23.1 Å².